The number of hydrogen-bond acceptors (Lipinski definition) is 10. The minimum atomic E-state index is -0.419. The minimum Gasteiger partial charge on any atom is -0.346 e. The first-order valence-corrected chi connectivity index (χ1v) is 16.8. The number of nitrogens with one attached hydrogen (secondary N) is 1. The van der Waals surface area contributed by atoms with Crippen LogP contribution in [0.15, 0.2) is 89.6 Å². The SMILES string of the molecule is Br.CCc1csc([C@@H](N)Cc2ccc([N+](=O)[O-])cc2)n1.CCc1csc([C@H](Cc2ccc([N+](=O)[O-])cc2)NC(=O)Cc2ccccc2)n1. The smallest absolute Gasteiger partial charge is 0.269 e. The van der Waals surface area contributed by atoms with Crippen LogP contribution >= 0.6 is 39.7 Å². The number of carbonyl (C=O) groups excluding carboxylic acids is 1. The summed E-state index contributed by atoms with van der Waals surface area (Å²) in [5.41, 5.74) is 11.1. The number of nitro groups is 2. The number of hydrogen-bond donors (Lipinski definition) is 2. The van der Waals surface area contributed by atoms with Gasteiger partial charge in [0.15, 0.2) is 0 Å². The van der Waals surface area contributed by atoms with Gasteiger partial charge in [-0.15, -0.1) is 39.7 Å². The molecule has 0 saturated heterocycles. The van der Waals surface area contributed by atoms with E-state index in [2.05, 4.69) is 22.2 Å². The molecule has 48 heavy (non-hydrogen) atoms. The van der Waals surface area contributed by atoms with Gasteiger partial charge >= 0.3 is 0 Å². The molecule has 0 radical (unpaired) electrons. The third-order valence-electron chi connectivity index (χ3n) is 7.21. The Hall–Kier alpha value is -4.37. The second-order valence-corrected chi connectivity index (χ2v) is 12.5. The maximum atomic E-state index is 12.6. The van der Waals surface area contributed by atoms with E-state index in [1.165, 1.54) is 35.6 Å². The van der Waals surface area contributed by atoms with Gasteiger partial charge in [-0.25, -0.2) is 9.97 Å². The predicted octanol–water partition coefficient (Wildman–Crippen LogP) is 7.69. The Kier molecular flexibility index (Phi) is 14.9. The number of aryl methyl sites for hydroxylation is 2. The summed E-state index contributed by atoms with van der Waals surface area (Å²) in [7, 11) is 0. The number of carbonyl (C=O) groups is 1. The summed E-state index contributed by atoms with van der Waals surface area (Å²) in [6, 6.07) is 22.0. The van der Waals surface area contributed by atoms with Crippen LogP contribution in [0.3, 0.4) is 0 Å². The van der Waals surface area contributed by atoms with Crippen molar-refractivity contribution in [2.45, 2.75) is 58.0 Å². The first-order chi connectivity index (χ1) is 22.6. The molecule has 5 aromatic rings. The van der Waals surface area contributed by atoms with E-state index in [4.69, 9.17) is 5.73 Å². The van der Waals surface area contributed by atoms with Crippen molar-refractivity contribution in [3.8, 4) is 0 Å². The lowest BCUT2D eigenvalue weighted by Crippen LogP contribution is -2.31. The Morgan fingerprint density at radius 1 is 0.750 bits per heavy atom. The quantitative estimate of drug-likeness (QED) is 0.0912. The summed E-state index contributed by atoms with van der Waals surface area (Å²) in [5, 5.41) is 30.3. The highest BCUT2D eigenvalue weighted by Crippen LogP contribution is 2.25. The summed E-state index contributed by atoms with van der Waals surface area (Å²) >= 11 is 3.09. The molecule has 2 aromatic heterocycles. The fourth-order valence-electron chi connectivity index (χ4n) is 4.61. The third-order valence-corrected chi connectivity index (χ3v) is 9.24. The van der Waals surface area contributed by atoms with Gasteiger partial charge in [-0.05, 0) is 42.4 Å². The van der Waals surface area contributed by atoms with E-state index in [9.17, 15) is 25.0 Å². The lowest BCUT2D eigenvalue weighted by atomic mass is 10.0. The van der Waals surface area contributed by atoms with E-state index >= 15 is 0 Å². The molecule has 2 atom stereocenters. The Morgan fingerprint density at radius 2 is 1.23 bits per heavy atom. The first kappa shape index (κ1) is 38.1. The number of aromatic nitrogens is 2. The van der Waals surface area contributed by atoms with Crippen LogP contribution in [0, 0.1) is 20.2 Å². The maximum absolute atomic E-state index is 12.6. The number of benzene rings is 3. The van der Waals surface area contributed by atoms with Gasteiger partial charge in [0.05, 0.1) is 39.7 Å². The number of nitrogens with two attached hydrogens (primary N) is 1. The molecule has 3 N–H and O–H groups in total. The molecule has 0 unspecified atom stereocenters. The van der Waals surface area contributed by atoms with Crippen molar-refractivity contribution in [1.82, 2.24) is 15.3 Å². The minimum absolute atomic E-state index is 0. The van der Waals surface area contributed by atoms with Crippen molar-refractivity contribution >= 4 is 56.9 Å². The molecule has 0 aliphatic rings. The normalized spacial score (nSPS) is 11.7. The van der Waals surface area contributed by atoms with Gasteiger partial charge in [-0.2, -0.15) is 0 Å². The van der Waals surface area contributed by atoms with Crippen LogP contribution in [0.5, 0.6) is 0 Å². The molecule has 0 fully saturated rings. The Morgan fingerprint density at radius 3 is 1.71 bits per heavy atom. The van der Waals surface area contributed by atoms with Gasteiger partial charge in [0.1, 0.15) is 10.0 Å². The molecular weight excluding hydrogens is 716 g/mol. The topological polar surface area (TPSA) is 167 Å². The number of amides is 1. The van der Waals surface area contributed by atoms with E-state index in [0.717, 1.165) is 50.9 Å². The number of nitrogens with zero attached hydrogens (tertiary/aromatic N) is 4. The fraction of sp³-hybridized carbons (Fsp3) is 0.265. The molecule has 2 heterocycles. The van der Waals surface area contributed by atoms with Crippen molar-refractivity contribution in [2.75, 3.05) is 0 Å². The third kappa shape index (κ3) is 11.4. The zero-order valence-corrected chi connectivity index (χ0v) is 29.8. The standard InChI is InChI=1S/C21H21N3O3S.C13H15N3O2S.BrH/c1-2-17-14-28-21(22-17)19(12-16-8-10-18(11-9-16)24(26)27)23-20(25)13-15-6-4-3-5-7-15;1-2-10-8-19-13(15-10)12(14)7-9-3-5-11(6-4-9)16(17)18;/h3-11,14,19H,2,12-13H2,1H3,(H,23,25);3-6,8,12H,2,7,14H2,1H3;1H/t19-;12-;/m00./s1. The highest BCUT2D eigenvalue weighted by molar-refractivity contribution is 8.93. The van der Waals surface area contributed by atoms with Gasteiger partial charge in [0, 0.05) is 35.0 Å². The van der Waals surface area contributed by atoms with Crippen molar-refractivity contribution in [2.24, 2.45) is 5.73 Å². The molecule has 0 aliphatic heterocycles. The molecule has 3 aromatic carbocycles. The van der Waals surface area contributed by atoms with Crippen molar-refractivity contribution < 1.29 is 14.6 Å². The average Bonchev–Trinajstić information content (AvgIpc) is 3.76. The monoisotopic (exact) mass is 752 g/mol. The zero-order valence-electron chi connectivity index (χ0n) is 26.5. The zero-order chi connectivity index (χ0) is 33.8. The fourth-order valence-corrected chi connectivity index (χ4v) is 6.47. The summed E-state index contributed by atoms with van der Waals surface area (Å²) in [5.74, 6) is -0.0774. The van der Waals surface area contributed by atoms with Gasteiger partial charge in [0.25, 0.3) is 11.4 Å². The predicted molar refractivity (Wildman–Crippen MR) is 195 cm³/mol. The lowest BCUT2D eigenvalue weighted by molar-refractivity contribution is -0.385. The highest BCUT2D eigenvalue weighted by atomic mass is 79.9. The van der Waals surface area contributed by atoms with Crippen LogP contribution in [0.25, 0.3) is 0 Å². The molecule has 0 spiro atoms. The van der Waals surface area contributed by atoms with Crippen LogP contribution in [-0.2, 0) is 36.9 Å². The number of halogens is 1. The second-order valence-electron chi connectivity index (χ2n) is 10.7. The van der Waals surface area contributed by atoms with Gasteiger partial charge in [0.2, 0.25) is 5.91 Å². The van der Waals surface area contributed by atoms with Crippen LogP contribution in [0.1, 0.15) is 64.0 Å². The molecule has 14 heteroatoms. The van der Waals surface area contributed by atoms with Gasteiger partial charge in [-0.3, -0.25) is 25.0 Å². The van der Waals surface area contributed by atoms with Crippen molar-refractivity contribution in [3.05, 3.63) is 148 Å². The molecule has 11 nitrogen and oxygen atoms in total. The summed E-state index contributed by atoms with van der Waals surface area (Å²) in [6.07, 6.45) is 3.19. The highest BCUT2D eigenvalue weighted by Gasteiger charge is 2.20. The second kappa shape index (κ2) is 18.8. The molecule has 0 saturated carbocycles. The number of non-ortho nitro benzene ring substituents is 2. The maximum Gasteiger partial charge on any atom is 0.269 e. The van der Waals surface area contributed by atoms with E-state index in [1.807, 2.05) is 48.0 Å². The van der Waals surface area contributed by atoms with E-state index in [0.29, 0.717) is 19.3 Å². The van der Waals surface area contributed by atoms with Crippen LogP contribution in [0.4, 0.5) is 11.4 Å². The van der Waals surface area contributed by atoms with Crippen LogP contribution in [0.2, 0.25) is 0 Å². The molecule has 252 valence electrons. The molecule has 0 bridgehead atoms. The van der Waals surface area contributed by atoms with Crippen molar-refractivity contribution in [1.29, 1.82) is 0 Å². The average molecular weight is 754 g/mol. The number of thiazole rings is 2. The van der Waals surface area contributed by atoms with E-state index in [-0.39, 0.29) is 46.3 Å². The molecular formula is C34H37BrN6O5S2. The summed E-state index contributed by atoms with van der Waals surface area (Å²) in [4.78, 5) is 42.3. The van der Waals surface area contributed by atoms with Crippen molar-refractivity contribution in [3.63, 3.8) is 0 Å². The Labute approximate surface area is 297 Å². The van der Waals surface area contributed by atoms with Crippen LogP contribution in [-0.4, -0.2) is 25.7 Å². The Bertz CT molecular complexity index is 1760. The summed E-state index contributed by atoms with van der Waals surface area (Å²) < 4.78 is 0. The van der Waals surface area contributed by atoms with Gasteiger partial charge < -0.3 is 11.1 Å². The number of nitro benzene ring substituents is 2. The molecule has 1 amide bonds. The Balaban J connectivity index is 0.000000274. The lowest BCUT2D eigenvalue weighted by Gasteiger charge is -2.17. The molecule has 0 aliphatic carbocycles. The van der Waals surface area contributed by atoms with Crippen LogP contribution < -0.4 is 11.1 Å². The van der Waals surface area contributed by atoms with E-state index in [1.54, 1.807) is 35.6 Å². The number of rotatable bonds is 13. The molecule has 5 rings (SSSR count). The van der Waals surface area contributed by atoms with Gasteiger partial charge in [-0.1, -0.05) is 68.4 Å². The van der Waals surface area contributed by atoms with E-state index < -0.39 is 9.85 Å². The summed E-state index contributed by atoms with van der Waals surface area (Å²) in [6.45, 7) is 4.10. The largest absolute Gasteiger partial charge is 0.346 e. The first-order valence-electron chi connectivity index (χ1n) is 15.1.